The summed E-state index contributed by atoms with van der Waals surface area (Å²) in [4.78, 5) is 20.3. The Hall–Kier alpha value is -2.40. The van der Waals surface area contributed by atoms with E-state index < -0.39 is 0 Å². The molecule has 4 nitrogen and oxygen atoms in total. The van der Waals surface area contributed by atoms with Gasteiger partial charge >= 0.3 is 0 Å². The van der Waals surface area contributed by atoms with Crippen LogP contribution >= 0.6 is 11.3 Å². The van der Waals surface area contributed by atoms with Crippen molar-refractivity contribution in [3.8, 4) is 0 Å². The van der Waals surface area contributed by atoms with Crippen LogP contribution in [-0.2, 0) is 0 Å². The van der Waals surface area contributed by atoms with Crippen LogP contribution in [0.3, 0.4) is 0 Å². The topological polar surface area (TPSA) is 59.2 Å². The summed E-state index contributed by atoms with van der Waals surface area (Å²) in [5, 5.41) is 0.965. The van der Waals surface area contributed by atoms with Crippen molar-refractivity contribution >= 4 is 40.2 Å². The van der Waals surface area contributed by atoms with E-state index in [9.17, 15) is 4.79 Å². The summed E-state index contributed by atoms with van der Waals surface area (Å²) in [5.74, 6) is 0.550. The summed E-state index contributed by atoms with van der Waals surface area (Å²) in [6.45, 7) is 2.07. The maximum Gasteiger partial charge on any atom is 0.193 e. The fraction of sp³-hybridized carbons (Fsp3) is 0.263. The first-order chi connectivity index (χ1) is 11.7. The number of rotatable bonds is 2. The average molecular weight is 337 g/mol. The third-order valence-electron chi connectivity index (χ3n) is 4.49. The summed E-state index contributed by atoms with van der Waals surface area (Å²) in [6, 6.07) is 7.65. The second-order valence-corrected chi connectivity index (χ2v) is 7.15. The molecule has 1 fully saturated rings. The summed E-state index contributed by atoms with van der Waals surface area (Å²) in [7, 11) is 0. The number of carbonyl (C=O) groups excluding carboxylic acids is 1. The first kappa shape index (κ1) is 15.1. The Morgan fingerprint density at radius 2 is 1.92 bits per heavy atom. The number of fused-ring (bicyclic) bond motifs is 1. The molecule has 5 heteroatoms. The number of aromatic nitrogens is 1. The molecular weight excluding hydrogens is 318 g/mol. The van der Waals surface area contributed by atoms with E-state index in [1.165, 1.54) is 19.3 Å². The summed E-state index contributed by atoms with van der Waals surface area (Å²) >= 11 is 1.57. The molecule has 0 saturated carbocycles. The first-order valence-corrected chi connectivity index (χ1v) is 9.09. The molecule has 1 aromatic heterocycles. The molecule has 0 atom stereocenters. The van der Waals surface area contributed by atoms with Crippen molar-refractivity contribution in [2.24, 2.45) is 0 Å². The standard InChI is InChI=1S/C19H19N3OS/c20-18-16(24-19(21-18)22-10-4-1-5-11-22)12-14-9-8-13-6-2-3-7-15(13)17(14)23/h2-3,6-9,12H,1,4-5,10-11,20H2/b14-12+. The van der Waals surface area contributed by atoms with Crippen LogP contribution in [0.5, 0.6) is 0 Å². The molecule has 2 heterocycles. The lowest BCUT2D eigenvalue weighted by atomic mass is 9.92. The van der Waals surface area contributed by atoms with E-state index in [1.807, 2.05) is 42.5 Å². The minimum absolute atomic E-state index is 0.0421. The zero-order valence-electron chi connectivity index (χ0n) is 13.4. The van der Waals surface area contributed by atoms with Gasteiger partial charge in [-0.25, -0.2) is 4.98 Å². The molecule has 122 valence electrons. The molecule has 0 radical (unpaired) electrons. The number of nitrogens with two attached hydrogens (primary N) is 1. The van der Waals surface area contributed by atoms with Gasteiger partial charge in [0, 0.05) is 24.2 Å². The molecule has 2 aromatic rings. The molecule has 1 aliphatic carbocycles. The van der Waals surface area contributed by atoms with Gasteiger partial charge in [-0.05, 0) is 30.9 Å². The zero-order chi connectivity index (χ0) is 16.5. The molecule has 1 aromatic carbocycles. The number of anilines is 2. The molecule has 2 N–H and O–H groups in total. The average Bonchev–Trinajstić information content (AvgIpc) is 2.99. The van der Waals surface area contributed by atoms with Gasteiger partial charge in [0.05, 0.1) is 4.88 Å². The lowest BCUT2D eigenvalue weighted by molar-refractivity contribution is 0.103. The number of piperidine rings is 1. The Morgan fingerprint density at radius 3 is 2.75 bits per heavy atom. The number of thiazole rings is 1. The van der Waals surface area contributed by atoms with E-state index in [0.29, 0.717) is 11.4 Å². The third-order valence-corrected chi connectivity index (χ3v) is 5.57. The van der Waals surface area contributed by atoms with E-state index in [4.69, 9.17) is 5.73 Å². The Labute approximate surface area is 145 Å². The monoisotopic (exact) mass is 337 g/mol. The minimum Gasteiger partial charge on any atom is -0.382 e. The van der Waals surface area contributed by atoms with Crippen LogP contribution in [0.1, 0.15) is 40.1 Å². The predicted octanol–water partition coefficient (Wildman–Crippen LogP) is 4.01. The molecule has 0 unspecified atom stereocenters. The second-order valence-electron chi connectivity index (χ2n) is 6.14. The fourth-order valence-electron chi connectivity index (χ4n) is 3.17. The zero-order valence-corrected chi connectivity index (χ0v) is 14.2. The first-order valence-electron chi connectivity index (χ1n) is 8.27. The number of benzene rings is 1. The Kier molecular flexibility index (Phi) is 3.94. The summed E-state index contributed by atoms with van der Waals surface area (Å²) < 4.78 is 0. The van der Waals surface area contributed by atoms with Crippen LogP contribution in [0.15, 0.2) is 35.9 Å². The maximum atomic E-state index is 12.7. The molecule has 4 rings (SSSR count). The maximum absolute atomic E-state index is 12.7. The minimum atomic E-state index is 0.0421. The van der Waals surface area contributed by atoms with E-state index in [2.05, 4.69) is 9.88 Å². The number of hydrogen-bond donors (Lipinski definition) is 1. The van der Waals surface area contributed by atoms with Gasteiger partial charge in [0.1, 0.15) is 5.82 Å². The van der Waals surface area contributed by atoms with Gasteiger partial charge in [0.25, 0.3) is 0 Å². The number of Topliss-reactive ketones (excluding diaryl/α,β-unsaturated/α-hetero) is 1. The lowest BCUT2D eigenvalue weighted by Gasteiger charge is -2.25. The SMILES string of the molecule is Nc1nc(N2CCCCC2)sc1/C=C1\C=Cc2ccccc2C1=O. The van der Waals surface area contributed by atoms with Gasteiger partial charge in [-0.1, -0.05) is 47.8 Å². The lowest BCUT2D eigenvalue weighted by Crippen LogP contribution is -2.29. The number of carbonyl (C=O) groups is 1. The number of nitrogen functional groups attached to an aromatic ring is 1. The van der Waals surface area contributed by atoms with Gasteiger partial charge in [0.15, 0.2) is 10.9 Å². The van der Waals surface area contributed by atoms with Crippen molar-refractivity contribution in [2.75, 3.05) is 23.7 Å². The molecule has 24 heavy (non-hydrogen) atoms. The van der Waals surface area contributed by atoms with Crippen LogP contribution < -0.4 is 10.6 Å². The predicted molar refractivity (Wildman–Crippen MR) is 100 cm³/mol. The van der Waals surface area contributed by atoms with E-state index >= 15 is 0 Å². The smallest absolute Gasteiger partial charge is 0.193 e. The number of hydrogen-bond acceptors (Lipinski definition) is 5. The highest BCUT2D eigenvalue weighted by Gasteiger charge is 2.20. The van der Waals surface area contributed by atoms with Gasteiger partial charge in [0.2, 0.25) is 0 Å². The highest BCUT2D eigenvalue weighted by atomic mass is 32.1. The number of ketones is 1. The Morgan fingerprint density at radius 1 is 1.12 bits per heavy atom. The van der Waals surface area contributed by atoms with Crippen LogP contribution in [-0.4, -0.2) is 23.9 Å². The van der Waals surface area contributed by atoms with Gasteiger partial charge < -0.3 is 10.6 Å². The van der Waals surface area contributed by atoms with Crippen LogP contribution in [0.2, 0.25) is 0 Å². The van der Waals surface area contributed by atoms with Crippen LogP contribution in [0.4, 0.5) is 10.9 Å². The van der Waals surface area contributed by atoms with E-state index in [1.54, 1.807) is 11.3 Å². The van der Waals surface area contributed by atoms with E-state index in [0.717, 1.165) is 34.2 Å². The van der Waals surface area contributed by atoms with Crippen molar-refractivity contribution in [3.05, 3.63) is 51.9 Å². The van der Waals surface area contributed by atoms with Crippen LogP contribution in [0.25, 0.3) is 12.2 Å². The molecule has 2 aliphatic rings. The van der Waals surface area contributed by atoms with Gasteiger partial charge in [-0.3, -0.25) is 4.79 Å². The van der Waals surface area contributed by atoms with Crippen molar-refractivity contribution in [3.63, 3.8) is 0 Å². The number of allylic oxidation sites excluding steroid dienone is 2. The quantitative estimate of drug-likeness (QED) is 0.841. The van der Waals surface area contributed by atoms with Crippen molar-refractivity contribution in [2.45, 2.75) is 19.3 Å². The Bertz CT molecular complexity index is 844. The second kappa shape index (κ2) is 6.24. The highest BCUT2D eigenvalue weighted by molar-refractivity contribution is 7.17. The molecule has 0 bridgehead atoms. The Balaban J connectivity index is 1.64. The summed E-state index contributed by atoms with van der Waals surface area (Å²) in [6.07, 6.45) is 9.40. The van der Waals surface area contributed by atoms with Crippen molar-refractivity contribution in [1.29, 1.82) is 0 Å². The largest absolute Gasteiger partial charge is 0.382 e. The van der Waals surface area contributed by atoms with E-state index in [-0.39, 0.29) is 5.78 Å². The van der Waals surface area contributed by atoms with Gasteiger partial charge in [-0.15, -0.1) is 0 Å². The molecule has 1 aliphatic heterocycles. The van der Waals surface area contributed by atoms with Gasteiger partial charge in [-0.2, -0.15) is 0 Å². The highest BCUT2D eigenvalue weighted by Crippen LogP contribution is 2.33. The molecule has 0 spiro atoms. The third kappa shape index (κ3) is 2.76. The molecule has 1 saturated heterocycles. The normalized spacial score (nSPS) is 18.9. The number of nitrogens with zero attached hydrogens (tertiary/aromatic N) is 2. The molecule has 0 amide bonds. The fourth-order valence-corrected chi connectivity index (χ4v) is 4.16. The van der Waals surface area contributed by atoms with Crippen LogP contribution in [0, 0.1) is 0 Å². The summed E-state index contributed by atoms with van der Waals surface area (Å²) in [5.41, 5.74) is 8.46. The van der Waals surface area contributed by atoms with Crippen molar-refractivity contribution in [1.82, 2.24) is 4.98 Å². The van der Waals surface area contributed by atoms with Crippen molar-refractivity contribution < 1.29 is 4.79 Å². The molecular formula is C19H19N3OS.